The molecule has 10 heteroatoms. The van der Waals surface area contributed by atoms with Gasteiger partial charge in [-0.3, -0.25) is 23.4 Å². The Hall–Kier alpha value is -4.60. The van der Waals surface area contributed by atoms with Gasteiger partial charge >= 0.3 is 5.69 Å². The minimum absolute atomic E-state index is 0.210. The summed E-state index contributed by atoms with van der Waals surface area (Å²) >= 11 is 0. The van der Waals surface area contributed by atoms with E-state index >= 15 is 0 Å². The molecule has 0 saturated heterocycles. The summed E-state index contributed by atoms with van der Waals surface area (Å²) in [5.41, 5.74) is 5.26. The zero-order valence-corrected chi connectivity index (χ0v) is 18.9. The van der Waals surface area contributed by atoms with Crippen molar-refractivity contribution in [1.82, 2.24) is 23.7 Å². The van der Waals surface area contributed by atoms with E-state index in [4.69, 9.17) is 9.15 Å². The number of carbonyl (C=O) groups excluding carboxylic acids is 1. The lowest BCUT2D eigenvalue weighted by molar-refractivity contribution is -0.114. The molecule has 0 aliphatic heterocycles. The van der Waals surface area contributed by atoms with Crippen molar-refractivity contribution in [2.75, 3.05) is 12.4 Å². The molecule has 1 N–H and O–H groups in total. The zero-order valence-electron chi connectivity index (χ0n) is 18.9. The number of nitrogens with zero attached hydrogens (tertiary/aromatic N) is 5. The summed E-state index contributed by atoms with van der Waals surface area (Å²) in [5.74, 6) is 0.365. The molecule has 0 unspecified atom stereocenters. The van der Waals surface area contributed by atoms with Gasteiger partial charge in [0.05, 0.1) is 52.5 Å². The average Bonchev–Trinajstić information content (AvgIpc) is 3.29. The lowest BCUT2D eigenvalue weighted by Crippen LogP contribution is -2.17. The Bertz CT molecular complexity index is 1850. The lowest BCUT2D eigenvalue weighted by atomic mass is 10.0. The molecule has 1 amide bonds. The summed E-state index contributed by atoms with van der Waals surface area (Å²) in [7, 11) is 5.14. The summed E-state index contributed by atoms with van der Waals surface area (Å²) in [5, 5.41) is 7.78. The predicted molar refractivity (Wildman–Crippen MR) is 128 cm³/mol. The number of amides is 1. The number of ether oxygens (including phenoxy) is 1. The standard InChI is InChI=1S/C24H20N6O4/c1-12(31)27-14-5-6-18-16(7-14)30-22-17(29(3)24(30)32)10-25-15-8-19(33-4)20(23(34-18)21(15)22)13-9-26-28(2)11-13/h5-11H,1-4H3,(H,27,31). The molecule has 0 fully saturated rings. The molecular weight excluding hydrogens is 436 g/mol. The number of hydrogen-bond acceptors (Lipinski definition) is 6. The summed E-state index contributed by atoms with van der Waals surface area (Å²) in [6, 6.07) is 7.05. The van der Waals surface area contributed by atoms with Crippen LogP contribution in [-0.2, 0) is 18.9 Å². The molecule has 170 valence electrons. The number of methoxy groups -OCH3 is 1. The SMILES string of the molecule is COc1cc2ncc3c4c2c(oc2ccc(NC(C)=O)cc2n4c(=O)n3C)c1-c1cnn(C)c1. The Kier molecular flexibility index (Phi) is 4.09. The van der Waals surface area contributed by atoms with Crippen LogP contribution < -0.4 is 15.7 Å². The molecule has 0 aliphatic carbocycles. The van der Waals surface area contributed by atoms with Gasteiger partial charge in [0.1, 0.15) is 5.75 Å². The van der Waals surface area contributed by atoms with Crippen LogP contribution in [0, 0.1) is 0 Å². The van der Waals surface area contributed by atoms with Crippen LogP contribution in [0.1, 0.15) is 6.92 Å². The Balaban J connectivity index is 1.93. The van der Waals surface area contributed by atoms with Crippen LogP contribution >= 0.6 is 0 Å². The van der Waals surface area contributed by atoms with Crippen LogP contribution in [0.2, 0.25) is 0 Å². The highest BCUT2D eigenvalue weighted by molar-refractivity contribution is 6.16. The van der Waals surface area contributed by atoms with Crippen LogP contribution in [0.4, 0.5) is 5.69 Å². The van der Waals surface area contributed by atoms with Gasteiger partial charge in [0.2, 0.25) is 5.91 Å². The fourth-order valence-corrected chi connectivity index (χ4v) is 4.57. The Morgan fingerprint density at radius 3 is 2.68 bits per heavy atom. The Morgan fingerprint density at radius 1 is 1.15 bits per heavy atom. The smallest absolute Gasteiger partial charge is 0.333 e. The molecule has 0 aliphatic rings. The molecule has 6 aromatic rings. The summed E-state index contributed by atoms with van der Waals surface area (Å²) in [6.07, 6.45) is 5.28. The fourth-order valence-electron chi connectivity index (χ4n) is 4.57. The predicted octanol–water partition coefficient (Wildman–Crippen LogP) is 3.45. The van der Waals surface area contributed by atoms with Crippen molar-refractivity contribution in [3.05, 3.63) is 53.3 Å². The van der Waals surface area contributed by atoms with Crippen molar-refractivity contribution in [2.24, 2.45) is 14.1 Å². The third-order valence-electron chi connectivity index (χ3n) is 6.04. The van der Waals surface area contributed by atoms with Gasteiger partial charge in [0, 0.05) is 44.5 Å². The van der Waals surface area contributed by atoms with Gasteiger partial charge in [-0.1, -0.05) is 0 Å². The first-order chi connectivity index (χ1) is 16.4. The van der Waals surface area contributed by atoms with Gasteiger partial charge in [0.25, 0.3) is 0 Å². The quantitative estimate of drug-likeness (QED) is 0.437. The number of fused-ring (bicyclic) bond motifs is 2. The van der Waals surface area contributed by atoms with E-state index in [1.54, 1.807) is 58.4 Å². The number of pyridine rings is 1. The maximum absolute atomic E-state index is 13.4. The van der Waals surface area contributed by atoms with Crippen molar-refractivity contribution >= 4 is 50.2 Å². The molecule has 6 rings (SSSR count). The number of benzene rings is 2. The van der Waals surface area contributed by atoms with Crippen LogP contribution in [-0.4, -0.2) is 36.7 Å². The first kappa shape index (κ1) is 20.0. The normalized spacial score (nSPS) is 11.8. The van der Waals surface area contributed by atoms with Crippen molar-refractivity contribution in [3.8, 4) is 16.9 Å². The average molecular weight is 456 g/mol. The number of imidazole rings is 1. The maximum atomic E-state index is 13.4. The Labute approximate surface area is 192 Å². The number of nitrogens with one attached hydrogen (secondary N) is 1. The molecule has 0 spiro atoms. The third kappa shape index (κ3) is 2.68. The van der Waals surface area contributed by atoms with Crippen molar-refractivity contribution in [3.63, 3.8) is 0 Å². The second-order valence-electron chi connectivity index (χ2n) is 8.21. The van der Waals surface area contributed by atoms with E-state index in [1.165, 1.54) is 6.92 Å². The number of carbonyl (C=O) groups is 1. The minimum Gasteiger partial charge on any atom is -0.496 e. The molecule has 10 nitrogen and oxygen atoms in total. The van der Waals surface area contributed by atoms with E-state index < -0.39 is 0 Å². The summed E-state index contributed by atoms with van der Waals surface area (Å²) in [4.78, 5) is 29.7. The lowest BCUT2D eigenvalue weighted by Gasteiger charge is -2.11. The van der Waals surface area contributed by atoms with Gasteiger partial charge in [-0.2, -0.15) is 5.10 Å². The van der Waals surface area contributed by atoms with Gasteiger partial charge in [-0.15, -0.1) is 0 Å². The molecule has 0 bridgehead atoms. The second kappa shape index (κ2) is 6.95. The number of rotatable bonds is 3. The zero-order chi connectivity index (χ0) is 23.7. The molecular formula is C24H20N6O4. The third-order valence-corrected chi connectivity index (χ3v) is 6.04. The van der Waals surface area contributed by atoms with Crippen LogP contribution in [0.15, 0.2) is 52.1 Å². The molecule has 0 saturated carbocycles. The first-order valence-electron chi connectivity index (χ1n) is 10.6. The second-order valence-corrected chi connectivity index (χ2v) is 8.21. The van der Waals surface area contributed by atoms with Crippen LogP contribution in [0.5, 0.6) is 5.75 Å². The molecule has 0 atom stereocenters. The van der Waals surface area contributed by atoms with Gasteiger partial charge in [0.15, 0.2) is 11.2 Å². The number of aryl methyl sites for hydroxylation is 2. The van der Waals surface area contributed by atoms with E-state index in [1.807, 2.05) is 19.3 Å². The highest BCUT2D eigenvalue weighted by Crippen LogP contribution is 2.42. The van der Waals surface area contributed by atoms with Crippen molar-refractivity contribution in [2.45, 2.75) is 6.92 Å². The first-order valence-corrected chi connectivity index (χ1v) is 10.6. The van der Waals surface area contributed by atoms with Crippen molar-refractivity contribution < 1.29 is 13.9 Å². The molecule has 4 aromatic heterocycles. The van der Waals surface area contributed by atoms with E-state index in [9.17, 15) is 9.59 Å². The summed E-state index contributed by atoms with van der Waals surface area (Å²) < 4.78 is 17.1. The fraction of sp³-hybridized carbons (Fsp3) is 0.167. The monoisotopic (exact) mass is 456 g/mol. The van der Waals surface area contributed by atoms with Gasteiger partial charge in [-0.25, -0.2) is 4.79 Å². The molecule has 2 aromatic carbocycles. The number of anilines is 1. The van der Waals surface area contributed by atoms with Crippen LogP contribution in [0.3, 0.4) is 0 Å². The van der Waals surface area contributed by atoms with Gasteiger partial charge < -0.3 is 14.5 Å². The summed E-state index contributed by atoms with van der Waals surface area (Å²) in [6.45, 7) is 1.43. The Morgan fingerprint density at radius 2 is 1.97 bits per heavy atom. The van der Waals surface area contributed by atoms with E-state index in [0.29, 0.717) is 55.6 Å². The number of aromatic nitrogens is 5. The van der Waals surface area contributed by atoms with E-state index in [2.05, 4.69) is 15.4 Å². The topological polar surface area (TPSA) is 109 Å². The largest absolute Gasteiger partial charge is 0.496 e. The molecule has 0 radical (unpaired) electrons. The number of hydrogen-bond donors (Lipinski definition) is 1. The van der Waals surface area contributed by atoms with Crippen molar-refractivity contribution in [1.29, 1.82) is 0 Å². The molecule has 34 heavy (non-hydrogen) atoms. The van der Waals surface area contributed by atoms with E-state index in [0.717, 1.165) is 5.56 Å². The van der Waals surface area contributed by atoms with E-state index in [-0.39, 0.29) is 11.6 Å². The maximum Gasteiger partial charge on any atom is 0.333 e. The minimum atomic E-state index is -0.249. The van der Waals surface area contributed by atoms with Crippen LogP contribution in [0.25, 0.3) is 49.7 Å². The highest BCUT2D eigenvalue weighted by Gasteiger charge is 2.24. The molecule has 4 heterocycles. The van der Waals surface area contributed by atoms with Gasteiger partial charge in [-0.05, 0) is 18.2 Å². The highest BCUT2D eigenvalue weighted by atomic mass is 16.5.